The number of carbonyl (C=O) groups excluding carboxylic acids is 1. The Labute approximate surface area is 180 Å². The first-order chi connectivity index (χ1) is 14.3. The average Bonchev–Trinajstić information content (AvgIpc) is 3.35. The highest BCUT2D eigenvalue weighted by Crippen LogP contribution is 2.27. The van der Waals surface area contributed by atoms with Gasteiger partial charge in [0.2, 0.25) is 15.9 Å². The average molecular weight is 445 g/mol. The summed E-state index contributed by atoms with van der Waals surface area (Å²) in [5, 5.41) is 0.562. The third kappa shape index (κ3) is 4.12. The zero-order valence-corrected chi connectivity index (χ0v) is 17.9. The van der Waals surface area contributed by atoms with Gasteiger partial charge in [-0.1, -0.05) is 23.7 Å². The third-order valence-corrected chi connectivity index (χ3v) is 6.82. The largest absolute Gasteiger partial charge is 0.336 e. The van der Waals surface area contributed by atoms with Crippen molar-refractivity contribution in [2.75, 3.05) is 11.4 Å². The highest BCUT2D eigenvalue weighted by Gasteiger charge is 2.27. The Hall–Kier alpha value is -2.68. The van der Waals surface area contributed by atoms with Crippen LogP contribution in [0.4, 0.5) is 5.69 Å². The van der Waals surface area contributed by atoms with Crippen molar-refractivity contribution >= 4 is 33.2 Å². The van der Waals surface area contributed by atoms with Crippen molar-refractivity contribution in [3.63, 3.8) is 0 Å². The number of nitrogens with one attached hydrogen (secondary N) is 1. The van der Waals surface area contributed by atoms with E-state index in [1.165, 1.54) is 12.1 Å². The molecule has 1 amide bonds. The lowest BCUT2D eigenvalue weighted by Gasteiger charge is -2.20. The van der Waals surface area contributed by atoms with E-state index < -0.39 is 16.1 Å². The highest BCUT2D eigenvalue weighted by atomic mass is 35.5. The lowest BCUT2D eigenvalue weighted by Crippen LogP contribution is -2.31. The molecule has 2 aromatic carbocycles. The fourth-order valence-corrected chi connectivity index (χ4v) is 4.84. The van der Waals surface area contributed by atoms with Crippen LogP contribution in [-0.4, -0.2) is 30.4 Å². The first-order valence-electron chi connectivity index (χ1n) is 9.50. The van der Waals surface area contributed by atoms with Gasteiger partial charge in [0.15, 0.2) is 0 Å². The maximum absolute atomic E-state index is 13.1. The van der Waals surface area contributed by atoms with E-state index >= 15 is 0 Å². The summed E-state index contributed by atoms with van der Waals surface area (Å²) in [4.78, 5) is 18.0. The van der Waals surface area contributed by atoms with E-state index in [9.17, 15) is 13.2 Å². The van der Waals surface area contributed by atoms with Crippen LogP contribution in [0.2, 0.25) is 5.02 Å². The maximum Gasteiger partial charge on any atom is 0.241 e. The molecule has 156 valence electrons. The quantitative estimate of drug-likeness (QED) is 0.632. The molecule has 0 bridgehead atoms. The van der Waals surface area contributed by atoms with Gasteiger partial charge in [-0.15, -0.1) is 0 Å². The van der Waals surface area contributed by atoms with Gasteiger partial charge in [-0.3, -0.25) is 4.79 Å². The topological polar surface area (TPSA) is 84.3 Å². The number of hydrogen-bond donors (Lipinski definition) is 1. The number of sulfonamides is 1. The lowest BCUT2D eigenvalue weighted by molar-refractivity contribution is -0.117. The molecule has 1 aromatic heterocycles. The molecule has 7 nitrogen and oxygen atoms in total. The van der Waals surface area contributed by atoms with Crippen LogP contribution >= 0.6 is 11.6 Å². The van der Waals surface area contributed by atoms with Crippen LogP contribution in [0.3, 0.4) is 0 Å². The molecule has 1 atom stereocenters. The molecule has 0 saturated carbocycles. The van der Waals surface area contributed by atoms with Crippen LogP contribution in [0, 0.1) is 0 Å². The number of carbonyl (C=O) groups is 1. The molecular formula is C21H21ClN4O3S. The zero-order valence-electron chi connectivity index (χ0n) is 16.3. The lowest BCUT2D eigenvalue weighted by atomic mass is 10.1. The van der Waals surface area contributed by atoms with Crippen LogP contribution < -0.4 is 9.62 Å². The van der Waals surface area contributed by atoms with E-state index in [4.69, 9.17) is 11.6 Å². The van der Waals surface area contributed by atoms with Crippen molar-refractivity contribution in [3.8, 4) is 0 Å². The van der Waals surface area contributed by atoms with Gasteiger partial charge in [0, 0.05) is 43.1 Å². The van der Waals surface area contributed by atoms with Gasteiger partial charge in [0.1, 0.15) is 11.9 Å². The summed E-state index contributed by atoms with van der Waals surface area (Å²) >= 11 is 5.99. The van der Waals surface area contributed by atoms with E-state index in [-0.39, 0.29) is 10.8 Å². The first kappa shape index (κ1) is 20.6. The summed E-state index contributed by atoms with van der Waals surface area (Å²) in [6.45, 7) is 0.654. The van der Waals surface area contributed by atoms with Gasteiger partial charge in [-0.2, -0.15) is 4.72 Å². The minimum absolute atomic E-state index is 0.0568. The fraction of sp³-hybridized carbons (Fsp3) is 0.238. The van der Waals surface area contributed by atoms with Gasteiger partial charge >= 0.3 is 0 Å². The number of benzene rings is 2. The summed E-state index contributed by atoms with van der Waals surface area (Å²) in [6.07, 6.45) is 4.71. The molecule has 2 heterocycles. The molecule has 1 aliphatic rings. The summed E-state index contributed by atoms with van der Waals surface area (Å²) in [5.74, 6) is 0.612. The van der Waals surface area contributed by atoms with Crippen molar-refractivity contribution in [2.24, 2.45) is 7.05 Å². The van der Waals surface area contributed by atoms with Crippen molar-refractivity contribution < 1.29 is 13.2 Å². The molecule has 0 unspecified atom stereocenters. The summed E-state index contributed by atoms with van der Waals surface area (Å²) in [5.41, 5.74) is 1.42. The van der Waals surface area contributed by atoms with E-state index in [1.807, 2.05) is 0 Å². The Kier molecular flexibility index (Phi) is 5.64. The maximum atomic E-state index is 13.1. The van der Waals surface area contributed by atoms with Gasteiger partial charge in [-0.25, -0.2) is 13.4 Å². The second-order valence-electron chi connectivity index (χ2n) is 7.15. The van der Waals surface area contributed by atoms with Crippen molar-refractivity contribution in [2.45, 2.75) is 23.8 Å². The molecule has 9 heteroatoms. The fourth-order valence-electron chi connectivity index (χ4n) is 3.53. The molecule has 1 N–H and O–H groups in total. The Balaban J connectivity index is 1.64. The number of aryl methyl sites for hydroxylation is 1. The molecule has 0 aliphatic carbocycles. The zero-order chi connectivity index (χ0) is 21.3. The van der Waals surface area contributed by atoms with Crippen molar-refractivity contribution in [1.29, 1.82) is 0 Å². The number of aromatic nitrogens is 2. The second kappa shape index (κ2) is 8.22. The third-order valence-electron chi connectivity index (χ3n) is 5.13. The van der Waals surface area contributed by atoms with Crippen molar-refractivity contribution in [1.82, 2.24) is 14.3 Å². The van der Waals surface area contributed by atoms with Crippen molar-refractivity contribution in [3.05, 3.63) is 77.3 Å². The summed E-state index contributed by atoms with van der Waals surface area (Å²) in [7, 11) is -2.05. The number of rotatable bonds is 6. The summed E-state index contributed by atoms with van der Waals surface area (Å²) in [6, 6.07) is 12.6. The SMILES string of the molecule is Cn1ccnc1[C@H](NS(=O)(=O)c1ccc(N2CCCC2=O)cc1)c1ccc(Cl)cc1. The van der Waals surface area contributed by atoms with E-state index in [2.05, 4.69) is 9.71 Å². The molecule has 1 aliphatic heterocycles. The van der Waals surface area contributed by atoms with E-state index in [0.717, 1.165) is 12.0 Å². The second-order valence-corrected chi connectivity index (χ2v) is 9.30. The molecule has 0 radical (unpaired) electrons. The van der Waals surface area contributed by atoms with Gasteiger partial charge in [0.25, 0.3) is 0 Å². The Morgan fingerprint density at radius 3 is 2.37 bits per heavy atom. The molecular weight excluding hydrogens is 424 g/mol. The highest BCUT2D eigenvalue weighted by molar-refractivity contribution is 7.89. The number of anilines is 1. The predicted molar refractivity (Wildman–Crippen MR) is 115 cm³/mol. The normalized spacial score (nSPS) is 15.5. The van der Waals surface area contributed by atoms with Crippen LogP contribution in [0.5, 0.6) is 0 Å². The van der Waals surface area contributed by atoms with Crippen LogP contribution in [-0.2, 0) is 21.9 Å². The van der Waals surface area contributed by atoms with Gasteiger partial charge < -0.3 is 9.47 Å². The molecule has 4 rings (SSSR count). The number of nitrogens with zero attached hydrogens (tertiary/aromatic N) is 3. The molecule has 30 heavy (non-hydrogen) atoms. The first-order valence-corrected chi connectivity index (χ1v) is 11.4. The molecule has 3 aromatic rings. The van der Waals surface area contributed by atoms with Crippen LogP contribution in [0.25, 0.3) is 0 Å². The smallest absolute Gasteiger partial charge is 0.241 e. The number of hydrogen-bond acceptors (Lipinski definition) is 4. The molecule has 0 spiro atoms. The Morgan fingerprint density at radius 2 is 1.80 bits per heavy atom. The minimum atomic E-state index is -3.85. The monoisotopic (exact) mass is 444 g/mol. The molecule has 1 fully saturated rings. The summed E-state index contributed by atoms with van der Waals surface area (Å²) < 4.78 is 30.8. The number of halogens is 1. The Morgan fingerprint density at radius 1 is 1.10 bits per heavy atom. The van der Waals surface area contributed by atoms with E-state index in [1.54, 1.807) is 65.3 Å². The number of amides is 1. The van der Waals surface area contributed by atoms with Gasteiger partial charge in [-0.05, 0) is 48.4 Å². The van der Waals surface area contributed by atoms with Crippen LogP contribution in [0.1, 0.15) is 30.3 Å². The number of imidazole rings is 1. The predicted octanol–water partition coefficient (Wildman–Crippen LogP) is 3.27. The van der Waals surface area contributed by atoms with Gasteiger partial charge in [0.05, 0.1) is 4.90 Å². The minimum Gasteiger partial charge on any atom is -0.336 e. The standard InChI is InChI=1S/C21H21ClN4O3S/c1-25-14-12-23-21(25)20(15-4-6-16(22)7-5-15)24-30(28,29)18-10-8-17(9-11-18)26-13-2-3-19(26)27/h4-12,14,20,24H,2-3,13H2,1H3/t20-/m1/s1. The van der Waals surface area contributed by atoms with Crippen LogP contribution in [0.15, 0.2) is 65.8 Å². The van der Waals surface area contributed by atoms with E-state index in [0.29, 0.717) is 29.5 Å². The molecule has 1 saturated heterocycles. The Bertz CT molecular complexity index is 1160.